The average molecular weight is 417 g/mol. The van der Waals surface area contributed by atoms with Gasteiger partial charge in [-0.05, 0) is 44.0 Å². The lowest BCUT2D eigenvalue weighted by Crippen LogP contribution is -2.35. The summed E-state index contributed by atoms with van der Waals surface area (Å²) in [5.41, 5.74) is 3.92. The highest BCUT2D eigenvalue weighted by molar-refractivity contribution is 6.00. The number of anilines is 1. The van der Waals surface area contributed by atoms with E-state index in [2.05, 4.69) is 11.2 Å². The fourth-order valence-corrected chi connectivity index (χ4v) is 3.35. The Labute approximate surface area is 180 Å². The standard InChI is InChI=1S/C24H23N3O4/c1-16-12-17(2)14-20(13-16)27(11-7-10-25)21(28)15-30-24(29)22-18(3)31-26-23(22)19-8-5-4-6-9-19/h4-6,8-9,12-14H,7,11,15H2,1-3H3. The van der Waals surface area contributed by atoms with Crippen molar-refractivity contribution in [1.82, 2.24) is 5.16 Å². The molecule has 0 unspecified atom stereocenters. The summed E-state index contributed by atoms with van der Waals surface area (Å²) in [6, 6.07) is 16.9. The molecule has 3 rings (SSSR count). The number of rotatable bonds is 7. The zero-order chi connectivity index (χ0) is 22.4. The van der Waals surface area contributed by atoms with Crippen LogP contribution in [0, 0.1) is 32.1 Å². The van der Waals surface area contributed by atoms with Gasteiger partial charge in [-0.25, -0.2) is 4.79 Å². The number of amides is 1. The lowest BCUT2D eigenvalue weighted by atomic mass is 10.1. The van der Waals surface area contributed by atoms with Gasteiger partial charge in [-0.2, -0.15) is 5.26 Å². The molecule has 0 fully saturated rings. The summed E-state index contributed by atoms with van der Waals surface area (Å²) in [5.74, 6) is -0.789. The summed E-state index contributed by atoms with van der Waals surface area (Å²) in [5, 5.41) is 12.9. The van der Waals surface area contributed by atoms with Crippen LogP contribution in [0.5, 0.6) is 0 Å². The molecule has 1 heterocycles. The Morgan fingerprint density at radius 1 is 1.10 bits per heavy atom. The predicted molar refractivity (Wildman–Crippen MR) is 115 cm³/mol. The second-order valence-electron chi connectivity index (χ2n) is 7.20. The van der Waals surface area contributed by atoms with Crippen LogP contribution in [0.15, 0.2) is 53.1 Å². The maximum atomic E-state index is 12.9. The van der Waals surface area contributed by atoms with E-state index in [0.29, 0.717) is 22.7 Å². The van der Waals surface area contributed by atoms with E-state index >= 15 is 0 Å². The van der Waals surface area contributed by atoms with Crippen molar-refractivity contribution in [3.05, 3.63) is 71.0 Å². The van der Waals surface area contributed by atoms with E-state index in [1.807, 2.05) is 62.4 Å². The van der Waals surface area contributed by atoms with E-state index in [1.54, 1.807) is 6.92 Å². The van der Waals surface area contributed by atoms with Gasteiger partial charge in [0, 0.05) is 17.8 Å². The molecule has 1 amide bonds. The van der Waals surface area contributed by atoms with Gasteiger partial charge >= 0.3 is 5.97 Å². The van der Waals surface area contributed by atoms with Crippen molar-refractivity contribution < 1.29 is 18.8 Å². The molecule has 0 aliphatic carbocycles. The van der Waals surface area contributed by atoms with E-state index in [9.17, 15) is 9.59 Å². The Bertz CT molecular complexity index is 1110. The minimum Gasteiger partial charge on any atom is -0.452 e. The number of nitrogens with zero attached hydrogens (tertiary/aromatic N) is 3. The summed E-state index contributed by atoms with van der Waals surface area (Å²) >= 11 is 0. The Hall–Kier alpha value is -3.92. The highest BCUT2D eigenvalue weighted by Gasteiger charge is 2.25. The number of aryl methyl sites for hydroxylation is 3. The minimum atomic E-state index is -0.688. The van der Waals surface area contributed by atoms with E-state index in [0.717, 1.165) is 11.1 Å². The lowest BCUT2D eigenvalue weighted by Gasteiger charge is -2.22. The topological polar surface area (TPSA) is 96.4 Å². The summed E-state index contributed by atoms with van der Waals surface area (Å²) in [4.78, 5) is 27.1. The Morgan fingerprint density at radius 2 is 1.77 bits per heavy atom. The first-order valence-corrected chi connectivity index (χ1v) is 9.85. The molecule has 0 N–H and O–H groups in total. The van der Waals surface area contributed by atoms with Crippen LogP contribution in [0.4, 0.5) is 5.69 Å². The molecule has 0 atom stereocenters. The van der Waals surface area contributed by atoms with Gasteiger partial charge in [0.25, 0.3) is 5.91 Å². The van der Waals surface area contributed by atoms with Crippen LogP contribution in [-0.2, 0) is 9.53 Å². The van der Waals surface area contributed by atoms with Crippen LogP contribution >= 0.6 is 0 Å². The molecule has 7 heteroatoms. The summed E-state index contributed by atoms with van der Waals surface area (Å²) < 4.78 is 10.5. The van der Waals surface area contributed by atoms with Crippen molar-refractivity contribution in [3.8, 4) is 17.3 Å². The van der Waals surface area contributed by atoms with E-state index in [4.69, 9.17) is 14.5 Å². The van der Waals surface area contributed by atoms with Crippen LogP contribution in [0.25, 0.3) is 11.3 Å². The summed E-state index contributed by atoms with van der Waals surface area (Å²) in [6.45, 7) is 5.23. The van der Waals surface area contributed by atoms with Gasteiger partial charge in [-0.1, -0.05) is 41.6 Å². The van der Waals surface area contributed by atoms with Crippen molar-refractivity contribution in [3.63, 3.8) is 0 Å². The van der Waals surface area contributed by atoms with Gasteiger partial charge in [0.2, 0.25) is 0 Å². The lowest BCUT2D eigenvalue weighted by molar-refractivity contribution is -0.121. The molecule has 0 aliphatic rings. The molecular formula is C24H23N3O4. The third kappa shape index (κ3) is 5.17. The second kappa shape index (κ2) is 9.72. The number of esters is 1. The fourth-order valence-electron chi connectivity index (χ4n) is 3.35. The molecule has 7 nitrogen and oxygen atoms in total. The van der Waals surface area contributed by atoms with Gasteiger partial charge in [-0.3, -0.25) is 4.79 Å². The third-order valence-electron chi connectivity index (χ3n) is 4.71. The minimum absolute atomic E-state index is 0.162. The van der Waals surface area contributed by atoms with Crippen molar-refractivity contribution in [2.45, 2.75) is 27.2 Å². The number of nitriles is 1. The number of carbonyl (C=O) groups is 2. The zero-order valence-corrected chi connectivity index (χ0v) is 17.7. The molecule has 0 aliphatic heterocycles. The number of aromatic nitrogens is 1. The SMILES string of the molecule is Cc1cc(C)cc(N(CCC#N)C(=O)COC(=O)c2c(-c3ccccc3)noc2C)c1. The second-order valence-corrected chi connectivity index (χ2v) is 7.20. The molecule has 0 spiro atoms. The highest BCUT2D eigenvalue weighted by Crippen LogP contribution is 2.26. The first kappa shape index (κ1) is 21.8. The Balaban J connectivity index is 1.78. The molecule has 0 saturated heterocycles. The number of ether oxygens (including phenoxy) is 1. The maximum Gasteiger partial charge on any atom is 0.344 e. The smallest absolute Gasteiger partial charge is 0.344 e. The fraction of sp³-hybridized carbons (Fsp3) is 0.250. The van der Waals surface area contributed by atoms with Crippen molar-refractivity contribution in [2.75, 3.05) is 18.1 Å². The molecule has 3 aromatic rings. The quantitative estimate of drug-likeness (QED) is 0.530. The predicted octanol–water partition coefficient (Wildman–Crippen LogP) is 4.37. The molecule has 0 radical (unpaired) electrons. The van der Waals surface area contributed by atoms with E-state index in [1.165, 1.54) is 4.90 Å². The van der Waals surface area contributed by atoms with Gasteiger partial charge < -0.3 is 14.2 Å². The van der Waals surface area contributed by atoms with Crippen molar-refractivity contribution in [2.24, 2.45) is 0 Å². The first-order valence-electron chi connectivity index (χ1n) is 9.85. The van der Waals surface area contributed by atoms with E-state index < -0.39 is 18.5 Å². The largest absolute Gasteiger partial charge is 0.452 e. The van der Waals surface area contributed by atoms with Gasteiger partial charge in [0.15, 0.2) is 6.61 Å². The Morgan fingerprint density at radius 3 is 2.42 bits per heavy atom. The summed E-state index contributed by atoms with van der Waals surface area (Å²) in [6.07, 6.45) is 0.162. The number of benzene rings is 2. The molecular weight excluding hydrogens is 394 g/mol. The molecule has 0 saturated carbocycles. The highest BCUT2D eigenvalue weighted by atomic mass is 16.5. The van der Waals surface area contributed by atoms with Gasteiger partial charge in [0.1, 0.15) is 17.0 Å². The Kier molecular flexibility index (Phi) is 6.83. The summed E-state index contributed by atoms with van der Waals surface area (Å²) in [7, 11) is 0. The maximum absolute atomic E-state index is 12.9. The van der Waals surface area contributed by atoms with Crippen LogP contribution < -0.4 is 4.90 Å². The monoisotopic (exact) mass is 417 g/mol. The van der Waals surface area contributed by atoms with Crippen LogP contribution in [0.3, 0.4) is 0 Å². The number of hydrogen-bond acceptors (Lipinski definition) is 6. The molecule has 1 aromatic heterocycles. The number of hydrogen-bond donors (Lipinski definition) is 0. The van der Waals surface area contributed by atoms with Gasteiger partial charge in [0.05, 0.1) is 12.5 Å². The molecule has 31 heavy (non-hydrogen) atoms. The molecule has 0 bridgehead atoms. The van der Waals surface area contributed by atoms with Gasteiger partial charge in [-0.15, -0.1) is 0 Å². The number of carbonyl (C=O) groups excluding carboxylic acids is 2. The first-order chi connectivity index (χ1) is 14.9. The van der Waals surface area contributed by atoms with Crippen LogP contribution in [-0.4, -0.2) is 30.2 Å². The van der Waals surface area contributed by atoms with E-state index in [-0.39, 0.29) is 18.5 Å². The van der Waals surface area contributed by atoms with Crippen LogP contribution in [0.1, 0.15) is 33.7 Å². The average Bonchev–Trinajstić information content (AvgIpc) is 3.13. The van der Waals surface area contributed by atoms with Crippen molar-refractivity contribution in [1.29, 1.82) is 5.26 Å². The van der Waals surface area contributed by atoms with Crippen LogP contribution in [0.2, 0.25) is 0 Å². The normalized spacial score (nSPS) is 10.4. The van der Waals surface area contributed by atoms with Crippen molar-refractivity contribution >= 4 is 17.6 Å². The zero-order valence-electron chi connectivity index (χ0n) is 17.7. The molecule has 2 aromatic carbocycles. The molecule has 158 valence electrons. The third-order valence-corrected chi connectivity index (χ3v) is 4.71.